The van der Waals surface area contributed by atoms with Gasteiger partial charge in [0.2, 0.25) is 5.91 Å². The summed E-state index contributed by atoms with van der Waals surface area (Å²) in [7, 11) is 0. The number of aromatic nitrogens is 1. The number of rotatable bonds is 8. The third kappa shape index (κ3) is 7.47. The largest absolute Gasteiger partial charge is 0.416 e. The van der Waals surface area contributed by atoms with Crippen molar-refractivity contribution in [3.05, 3.63) is 83.2 Å². The van der Waals surface area contributed by atoms with E-state index >= 15 is 0 Å². The average molecular weight is 513 g/mol. The lowest BCUT2D eigenvalue weighted by Gasteiger charge is -2.22. The van der Waals surface area contributed by atoms with Crippen molar-refractivity contribution < 1.29 is 32.2 Å². The third-order valence-electron chi connectivity index (χ3n) is 5.87. The molecule has 0 spiro atoms. The molecular formula is C28H27F3N2O4. The van der Waals surface area contributed by atoms with Gasteiger partial charge in [0.1, 0.15) is 0 Å². The topological polar surface area (TPSA) is 77.5 Å². The van der Waals surface area contributed by atoms with Gasteiger partial charge in [-0.2, -0.15) is 13.2 Å². The van der Waals surface area contributed by atoms with Gasteiger partial charge in [0.25, 0.3) is 0 Å². The molecule has 0 saturated carbocycles. The summed E-state index contributed by atoms with van der Waals surface area (Å²) in [5.41, 5.74) is 2.55. The summed E-state index contributed by atoms with van der Waals surface area (Å²) in [5, 5.41) is 2.37. The van der Waals surface area contributed by atoms with E-state index in [0.717, 1.165) is 53.9 Å². The van der Waals surface area contributed by atoms with Gasteiger partial charge < -0.3 is 14.8 Å². The van der Waals surface area contributed by atoms with E-state index in [0.29, 0.717) is 18.8 Å². The number of Topliss-reactive ketones (excluding diaryl/α,β-unsaturated/α-hetero) is 1. The fraction of sp³-hybridized carbons (Fsp3) is 0.321. The van der Waals surface area contributed by atoms with Crippen LogP contribution in [0.15, 0.2) is 60.7 Å². The monoisotopic (exact) mass is 512 g/mol. The number of pyridine rings is 1. The molecule has 194 valence electrons. The van der Waals surface area contributed by atoms with Crippen LogP contribution in [0.3, 0.4) is 0 Å². The summed E-state index contributed by atoms with van der Waals surface area (Å²) >= 11 is 0. The predicted octanol–water partition coefficient (Wildman–Crippen LogP) is 6.33. The second-order valence-electron chi connectivity index (χ2n) is 8.90. The first-order valence-electron chi connectivity index (χ1n) is 12.0. The van der Waals surface area contributed by atoms with Gasteiger partial charge in [0, 0.05) is 23.6 Å². The molecular weight excluding hydrogens is 485 g/mol. The van der Waals surface area contributed by atoms with Crippen molar-refractivity contribution in [2.75, 3.05) is 11.9 Å². The number of aryl methyl sites for hydroxylation is 1. The minimum absolute atomic E-state index is 0.0259. The highest BCUT2D eigenvalue weighted by Crippen LogP contribution is 2.31. The number of nitrogens with zero attached hydrogens (tertiary/aromatic N) is 1. The summed E-state index contributed by atoms with van der Waals surface area (Å²) in [6.45, 7) is 2.86. The second kappa shape index (κ2) is 11.7. The van der Waals surface area contributed by atoms with Crippen LogP contribution in [0.5, 0.6) is 0 Å². The van der Waals surface area contributed by atoms with Gasteiger partial charge in [-0.1, -0.05) is 24.3 Å². The Morgan fingerprint density at radius 2 is 1.86 bits per heavy atom. The van der Waals surface area contributed by atoms with Gasteiger partial charge in [0.05, 0.1) is 24.3 Å². The van der Waals surface area contributed by atoms with Crippen molar-refractivity contribution in [3.63, 3.8) is 0 Å². The third-order valence-corrected chi connectivity index (χ3v) is 5.87. The summed E-state index contributed by atoms with van der Waals surface area (Å²) < 4.78 is 50.2. The van der Waals surface area contributed by atoms with Crippen molar-refractivity contribution in [1.82, 2.24) is 4.98 Å². The first kappa shape index (κ1) is 26.5. The van der Waals surface area contributed by atoms with E-state index in [1.807, 2.05) is 25.1 Å². The lowest BCUT2D eigenvalue weighted by molar-refractivity contribution is -0.169. The zero-order valence-electron chi connectivity index (χ0n) is 20.3. The molecule has 1 unspecified atom stereocenters. The van der Waals surface area contributed by atoms with Gasteiger partial charge in [-0.25, -0.2) is 0 Å². The van der Waals surface area contributed by atoms with Gasteiger partial charge in [-0.3, -0.25) is 14.6 Å². The van der Waals surface area contributed by atoms with Crippen LogP contribution in [-0.2, 0) is 27.1 Å². The smallest absolute Gasteiger partial charge is 0.353 e. The van der Waals surface area contributed by atoms with Gasteiger partial charge in [-0.05, 0) is 73.7 Å². The molecule has 37 heavy (non-hydrogen) atoms. The molecule has 1 amide bonds. The molecule has 0 aliphatic carbocycles. The molecule has 9 heteroatoms. The Morgan fingerprint density at radius 3 is 2.62 bits per heavy atom. The number of ketones is 1. The second-order valence-corrected chi connectivity index (χ2v) is 8.90. The van der Waals surface area contributed by atoms with Crippen molar-refractivity contribution in [3.8, 4) is 11.1 Å². The van der Waals surface area contributed by atoms with Gasteiger partial charge in [-0.15, -0.1) is 0 Å². The number of nitrogens with one attached hydrogen (secondary N) is 1. The van der Waals surface area contributed by atoms with E-state index in [2.05, 4.69) is 10.3 Å². The normalized spacial score (nSPS) is 15.8. The Bertz CT molecular complexity index is 1270. The van der Waals surface area contributed by atoms with Crippen LogP contribution in [0.4, 0.5) is 18.9 Å². The SMILES string of the molecule is Cc1cc(-c2cccc(C(=O)CC(=O)Nc3cccc(C(F)(F)F)c3)c2)cc(COC2CCCCO2)n1. The molecule has 2 aromatic carbocycles. The first-order valence-corrected chi connectivity index (χ1v) is 12.0. The number of carbonyl (C=O) groups excluding carboxylic acids is 2. The fourth-order valence-corrected chi connectivity index (χ4v) is 4.10. The fourth-order valence-electron chi connectivity index (χ4n) is 4.10. The lowest BCUT2D eigenvalue weighted by atomic mass is 9.99. The van der Waals surface area contributed by atoms with Crippen molar-refractivity contribution in [2.45, 2.75) is 51.7 Å². The maximum atomic E-state index is 12.9. The van der Waals surface area contributed by atoms with Crippen LogP contribution in [0, 0.1) is 6.92 Å². The number of alkyl halides is 3. The predicted molar refractivity (Wildman–Crippen MR) is 132 cm³/mol. The molecule has 6 nitrogen and oxygen atoms in total. The number of anilines is 1. The summed E-state index contributed by atoms with van der Waals surface area (Å²) in [5.74, 6) is -1.14. The number of hydrogen-bond acceptors (Lipinski definition) is 5. The molecule has 1 aliphatic rings. The van der Waals surface area contributed by atoms with Crippen LogP contribution < -0.4 is 5.32 Å². The van der Waals surface area contributed by atoms with E-state index in [9.17, 15) is 22.8 Å². The number of ether oxygens (including phenoxy) is 2. The van der Waals surface area contributed by atoms with Crippen LogP contribution in [0.2, 0.25) is 0 Å². The highest BCUT2D eigenvalue weighted by molar-refractivity contribution is 6.11. The summed E-state index contributed by atoms with van der Waals surface area (Å²) in [6, 6.07) is 14.9. The minimum atomic E-state index is -4.53. The van der Waals surface area contributed by atoms with Crippen LogP contribution in [0.1, 0.15) is 53.0 Å². The van der Waals surface area contributed by atoms with E-state index in [-0.39, 0.29) is 12.0 Å². The molecule has 0 bridgehead atoms. The number of benzene rings is 2. The maximum absolute atomic E-state index is 12.9. The first-order chi connectivity index (χ1) is 17.7. The number of hydrogen-bond donors (Lipinski definition) is 1. The quantitative estimate of drug-likeness (QED) is 0.282. The van der Waals surface area contributed by atoms with Gasteiger partial charge in [0.15, 0.2) is 12.1 Å². The zero-order valence-corrected chi connectivity index (χ0v) is 20.3. The molecule has 1 aliphatic heterocycles. The Hall–Kier alpha value is -3.56. The van der Waals surface area contributed by atoms with Crippen molar-refractivity contribution in [2.24, 2.45) is 0 Å². The van der Waals surface area contributed by atoms with Crippen LogP contribution in [-0.4, -0.2) is 29.6 Å². The van der Waals surface area contributed by atoms with Crippen LogP contribution >= 0.6 is 0 Å². The van der Waals surface area contributed by atoms with Crippen LogP contribution in [0.25, 0.3) is 11.1 Å². The lowest BCUT2D eigenvalue weighted by Crippen LogP contribution is -2.22. The van der Waals surface area contributed by atoms with E-state index in [1.54, 1.807) is 18.2 Å². The number of amides is 1. The molecule has 1 aromatic heterocycles. The summed E-state index contributed by atoms with van der Waals surface area (Å²) in [4.78, 5) is 29.7. The van der Waals surface area contributed by atoms with Crippen molar-refractivity contribution >= 4 is 17.4 Å². The Kier molecular flexibility index (Phi) is 8.35. The Balaban J connectivity index is 1.42. The zero-order chi connectivity index (χ0) is 26.4. The molecule has 2 heterocycles. The highest BCUT2D eigenvalue weighted by Gasteiger charge is 2.30. The molecule has 3 aromatic rings. The standard InChI is InChI=1S/C28H27F3N2O4/c1-18-12-21(14-24(32-18)17-37-27-10-2-3-11-36-27)19-6-4-7-20(13-19)25(34)16-26(35)33-23-9-5-8-22(15-23)28(29,30)31/h4-9,12-15,27H,2-3,10-11,16-17H2,1H3,(H,33,35). The molecule has 4 rings (SSSR count). The van der Waals surface area contributed by atoms with E-state index in [4.69, 9.17) is 9.47 Å². The summed E-state index contributed by atoms with van der Waals surface area (Å²) in [6.07, 6.45) is -2.31. The minimum Gasteiger partial charge on any atom is -0.353 e. The molecule has 0 radical (unpaired) electrons. The van der Waals surface area contributed by atoms with Gasteiger partial charge >= 0.3 is 6.18 Å². The number of carbonyl (C=O) groups is 2. The average Bonchev–Trinajstić information content (AvgIpc) is 2.87. The molecule has 1 atom stereocenters. The Labute approximate surface area is 212 Å². The molecule has 1 fully saturated rings. The molecule has 1 saturated heterocycles. The maximum Gasteiger partial charge on any atom is 0.416 e. The molecule has 1 N–H and O–H groups in total. The highest BCUT2D eigenvalue weighted by atomic mass is 19.4. The van der Waals surface area contributed by atoms with Crippen molar-refractivity contribution in [1.29, 1.82) is 0 Å². The van der Waals surface area contributed by atoms with E-state index < -0.39 is 29.9 Å². The Morgan fingerprint density at radius 1 is 1.05 bits per heavy atom. The van der Waals surface area contributed by atoms with E-state index in [1.165, 1.54) is 12.1 Å². The number of halogens is 3.